The van der Waals surface area contributed by atoms with Crippen molar-refractivity contribution in [3.05, 3.63) is 35.4 Å². The molecule has 0 aliphatic heterocycles. The van der Waals surface area contributed by atoms with Crippen LogP contribution in [-0.4, -0.2) is 29.2 Å². The Balaban J connectivity index is 2.64. The highest BCUT2D eigenvalue weighted by atomic mass is 16.3. The maximum Gasteiger partial charge on any atom is 0.0695 e. The van der Waals surface area contributed by atoms with Gasteiger partial charge in [-0.2, -0.15) is 0 Å². The number of aliphatic hydroxyl groups is 1. The number of hydrogen-bond donors (Lipinski definition) is 1. The number of aryl methyl sites for hydroxylation is 1. The molecule has 0 saturated heterocycles. The molecule has 0 saturated carbocycles. The number of rotatable bonds is 7. The average molecular weight is 249 g/mol. The lowest BCUT2D eigenvalue weighted by molar-refractivity contribution is 0.0506. The van der Waals surface area contributed by atoms with Gasteiger partial charge in [0.25, 0.3) is 0 Å². The van der Waals surface area contributed by atoms with Crippen LogP contribution in [-0.2, 0) is 6.54 Å². The maximum atomic E-state index is 10.2. The first-order valence-electron chi connectivity index (χ1n) is 7.02. The van der Waals surface area contributed by atoms with Crippen molar-refractivity contribution in [3.8, 4) is 0 Å². The summed E-state index contributed by atoms with van der Waals surface area (Å²) in [7, 11) is 2.11. The molecule has 2 heteroatoms. The monoisotopic (exact) mass is 249 g/mol. The number of nitrogens with zero attached hydrogens (tertiary/aromatic N) is 1. The molecule has 0 bridgehead atoms. The van der Waals surface area contributed by atoms with Gasteiger partial charge in [-0.15, -0.1) is 0 Å². The summed E-state index contributed by atoms with van der Waals surface area (Å²) in [5.41, 5.74) is 2.61. The van der Waals surface area contributed by atoms with E-state index in [4.69, 9.17) is 0 Å². The van der Waals surface area contributed by atoms with Crippen LogP contribution < -0.4 is 0 Å². The van der Waals surface area contributed by atoms with Gasteiger partial charge in [0.15, 0.2) is 0 Å². The van der Waals surface area contributed by atoms with Gasteiger partial charge in [0.05, 0.1) is 6.10 Å². The van der Waals surface area contributed by atoms with E-state index in [0.29, 0.717) is 0 Å². The van der Waals surface area contributed by atoms with Crippen LogP contribution >= 0.6 is 0 Å². The van der Waals surface area contributed by atoms with Crippen molar-refractivity contribution in [3.63, 3.8) is 0 Å². The molecule has 0 aromatic heterocycles. The largest absolute Gasteiger partial charge is 0.391 e. The topological polar surface area (TPSA) is 23.5 Å². The summed E-state index contributed by atoms with van der Waals surface area (Å²) >= 11 is 0. The van der Waals surface area contributed by atoms with Gasteiger partial charge in [-0.05, 0) is 32.4 Å². The molecule has 0 aliphatic carbocycles. The van der Waals surface area contributed by atoms with Crippen LogP contribution in [0.25, 0.3) is 0 Å². The Morgan fingerprint density at radius 1 is 1.28 bits per heavy atom. The lowest BCUT2D eigenvalue weighted by Crippen LogP contribution is -2.40. The van der Waals surface area contributed by atoms with E-state index in [1.807, 2.05) is 0 Å². The molecule has 0 heterocycles. The van der Waals surface area contributed by atoms with Crippen LogP contribution in [0.5, 0.6) is 0 Å². The van der Waals surface area contributed by atoms with Crippen molar-refractivity contribution in [2.75, 3.05) is 7.05 Å². The Morgan fingerprint density at radius 3 is 2.56 bits per heavy atom. The second kappa shape index (κ2) is 7.55. The standard InChI is InChI=1S/C16H27NO/c1-5-8-16(18)15(6-2)17(4)12-14-10-7-9-13(3)11-14/h7,9-11,15-16,18H,5-6,8,12H2,1-4H3. The summed E-state index contributed by atoms with van der Waals surface area (Å²) in [6, 6.07) is 8.84. The molecule has 0 radical (unpaired) electrons. The molecule has 2 unspecified atom stereocenters. The van der Waals surface area contributed by atoms with E-state index < -0.39 is 0 Å². The third kappa shape index (κ3) is 4.43. The quantitative estimate of drug-likeness (QED) is 0.801. The normalized spacial score (nSPS) is 14.8. The molecule has 2 nitrogen and oxygen atoms in total. The van der Waals surface area contributed by atoms with Gasteiger partial charge in [-0.3, -0.25) is 4.90 Å². The molecule has 0 fully saturated rings. The highest BCUT2D eigenvalue weighted by Gasteiger charge is 2.20. The van der Waals surface area contributed by atoms with E-state index in [9.17, 15) is 5.11 Å². The van der Waals surface area contributed by atoms with Crippen molar-refractivity contribution in [2.24, 2.45) is 0 Å². The van der Waals surface area contributed by atoms with Crippen molar-refractivity contribution >= 4 is 0 Å². The van der Waals surface area contributed by atoms with E-state index in [0.717, 1.165) is 25.8 Å². The Labute approximate surface area is 112 Å². The van der Waals surface area contributed by atoms with Crippen molar-refractivity contribution < 1.29 is 5.11 Å². The molecule has 1 N–H and O–H groups in total. The zero-order valence-electron chi connectivity index (χ0n) is 12.2. The third-order valence-electron chi connectivity index (χ3n) is 3.53. The van der Waals surface area contributed by atoms with E-state index in [2.05, 4.69) is 57.0 Å². The predicted molar refractivity (Wildman–Crippen MR) is 77.6 cm³/mol. The summed E-state index contributed by atoms with van der Waals surface area (Å²) in [6.07, 6.45) is 2.70. The van der Waals surface area contributed by atoms with Crippen molar-refractivity contribution in [2.45, 2.75) is 58.7 Å². The molecule has 1 aromatic carbocycles. The summed E-state index contributed by atoms with van der Waals surface area (Å²) in [5.74, 6) is 0. The molecule has 0 amide bonds. The van der Waals surface area contributed by atoms with Crippen LogP contribution in [0.4, 0.5) is 0 Å². The molecular weight excluding hydrogens is 222 g/mol. The zero-order valence-corrected chi connectivity index (χ0v) is 12.2. The Hall–Kier alpha value is -0.860. The molecule has 1 aromatic rings. The van der Waals surface area contributed by atoms with Crippen molar-refractivity contribution in [1.82, 2.24) is 4.90 Å². The van der Waals surface area contributed by atoms with Crippen molar-refractivity contribution in [1.29, 1.82) is 0 Å². The number of hydrogen-bond acceptors (Lipinski definition) is 2. The van der Waals surface area contributed by atoms with Gasteiger partial charge in [0, 0.05) is 12.6 Å². The van der Waals surface area contributed by atoms with Gasteiger partial charge in [-0.1, -0.05) is 50.1 Å². The molecule has 18 heavy (non-hydrogen) atoms. The molecular formula is C16H27NO. The summed E-state index contributed by atoms with van der Waals surface area (Å²) in [5, 5.41) is 10.2. The molecule has 102 valence electrons. The first-order valence-corrected chi connectivity index (χ1v) is 7.02. The van der Waals surface area contributed by atoms with Crippen LogP contribution in [0.3, 0.4) is 0 Å². The lowest BCUT2D eigenvalue weighted by atomic mass is 10.0. The van der Waals surface area contributed by atoms with Gasteiger partial charge >= 0.3 is 0 Å². The molecule has 2 atom stereocenters. The van der Waals surface area contributed by atoms with Crippen LogP contribution in [0.1, 0.15) is 44.2 Å². The second-order valence-electron chi connectivity index (χ2n) is 5.24. The number of benzene rings is 1. The second-order valence-corrected chi connectivity index (χ2v) is 5.24. The smallest absolute Gasteiger partial charge is 0.0695 e. The first-order chi connectivity index (χ1) is 8.58. The minimum atomic E-state index is -0.213. The third-order valence-corrected chi connectivity index (χ3v) is 3.53. The van der Waals surface area contributed by atoms with Crippen LogP contribution in [0, 0.1) is 6.92 Å². The van der Waals surface area contributed by atoms with Crippen LogP contribution in [0.2, 0.25) is 0 Å². The number of likely N-dealkylation sites (N-methyl/N-ethyl adjacent to an activating group) is 1. The van der Waals surface area contributed by atoms with E-state index in [-0.39, 0.29) is 12.1 Å². The fourth-order valence-corrected chi connectivity index (χ4v) is 2.58. The Morgan fingerprint density at radius 2 is 2.00 bits per heavy atom. The highest BCUT2D eigenvalue weighted by molar-refractivity contribution is 5.22. The summed E-state index contributed by atoms with van der Waals surface area (Å²) in [4.78, 5) is 2.27. The van der Waals surface area contributed by atoms with Crippen LogP contribution in [0.15, 0.2) is 24.3 Å². The fraction of sp³-hybridized carbons (Fsp3) is 0.625. The molecule has 0 aliphatic rings. The highest BCUT2D eigenvalue weighted by Crippen LogP contribution is 2.15. The van der Waals surface area contributed by atoms with Gasteiger partial charge in [0.2, 0.25) is 0 Å². The molecule has 0 spiro atoms. The van der Waals surface area contributed by atoms with Gasteiger partial charge in [-0.25, -0.2) is 0 Å². The van der Waals surface area contributed by atoms with E-state index in [1.54, 1.807) is 0 Å². The number of aliphatic hydroxyl groups excluding tert-OH is 1. The molecule has 1 rings (SSSR count). The summed E-state index contributed by atoms with van der Waals surface area (Å²) in [6.45, 7) is 7.29. The van der Waals surface area contributed by atoms with E-state index >= 15 is 0 Å². The lowest BCUT2D eigenvalue weighted by Gasteiger charge is -2.31. The minimum absolute atomic E-state index is 0.213. The fourth-order valence-electron chi connectivity index (χ4n) is 2.58. The predicted octanol–water partition coefficient (Wildman–Crippen LogP) is 3.37. The average Bonchev–Trinajstić information content (AvgIpc) is 2.30. The minimum Gasteiger partial charge on any atom is -0.391 e. The Bertz CT molecular complexity index is 351. The van der Waals surface area contributed by atoms with E-state index in [1.165, 1.54) is 11.1 Å². The van der Waals surface area contributed by atoms with Gasteiger partial charge < -0.3 is 5.11 Å². The van der Waals surface area contributed by atoms with Gasteiger partial charge in [0.1, 0.15) is 0 Å². The SMILES string of the molecule is CCCC(O)C(CC)N(C)Cc1cccc(C)c1. The Kier molecular flexibility index (Phi) is 6.37. The maximum absolute atomic E-state index is 10.2. The first kappa shape index (κ1) is 15.2. The zero-order chi connectivity index (χ0) is 13.5. The summed E-state index contributed by atoms with van der Waals surface area (Å²) < 4.78 is 0.